The van der Waals surface area contributed by atoms with Crippen molar-refractivity contribution in [2.75, 3.05) is 13.1 Å². The van der Waals surface area contributed by atoms with Crippen molar-refractivity contribution in [3.05, 3.63) is 6.20 Å². The van der Waals surface area contributed by atoms with Crippen LogP contribution >= 0.6 is 0 Å². The van der Waals surface area contributed by atoms with Gasteiger partial charge in [0.05, 0.1) is 17.5 Å². The van der Waals surface area contributed by atoms with E-state index in [9.17, 15) is 19.5 Å². The molecule has 0 aliphatic carbocycles. The average molecular weight is 521 g/mol. The Morgan fingerprint density at radius 3 is 2.50 bits per heavy atom. The van der Waals surface area contributed by atoms with Crippen LogP contribution in [0.4, 0.5) is 4.79 Å². The topological polar surface area (TPSA) is 130 Å². The van der Waals surface area contributed by atoms with Crippen LogP contribution in [0.3, 0.4) is 0 Å². The lowest BCUT2D eigenvalue weighted by molar-refractivity contribution is -0.145. The summed E-state index contributed by atoms with van der Waals surface area (Å²) in [4.78, 5) is 42.8. The molecule has 0 radical (unpaired) electrons. The molecule has 1 aromatic heterocycles. The number of alkyl carbamates (subject to hydrolysis) is 1. The van der Waals surface area contributed by atoms with Crippen molar-refractivity contribution in [2.24, 2.45) is 0 Å². The number of aliphatic hydroxyl groups is 1. The maximum Gasteiger partial charge on any atom is 0.408 e. The highest BCUT2D eigenvalue weighted by Crippen LogP contribution is 2.34. The zero-order valence-electron chi connectivity index (χ0n) is 22.2. The molecule has 0 unspecified atom stereocenters. The number of aliphatic hydroxyl groups excluding tert-OH is 1. The summed E-state index contributed by atoms with van der Waals surface area (Å²) in [5, 5.41) is 23.0. The SMILES string of the molecule is CC(C)(C)OC(=O)N[C@H]1CCC[C@H]2CC[C@@H](C(=O)N3C[C@@H](O)[C@H](n4cc([Si](C)(C)C)nn4)C3)N2C1=O. The first-order valence-corrected chi connectivity index (χ1v) is 16.5. The molecule has 5 atom stereocenters. The van der Waals surface area contributed by atoms with Crippen molar-refractivity contribution in [1.82, 2.24) is 30.1 Å². The monoisotopic (exact) mass is 520 g/mol. The van der Waals surface area contributed by atoms with E-state index in [-0.39, 0.29) is 30.4 Å². The Hall–Kier alpha value is -2.47. The van der Waals surface area contributed by atoms with Crippen molar-refractivity contribution < 1.29 is 24.2 Å². The van der Waals surface area contributed by atoms with E-state index in [4.69, 9.17) is 4.74 Å². The van der Waals surface area contributed by atoms with Crippen LogP contribution in [-0.4, -0.2) is 98.8 Å². The highest BCUT2D eigenvalue weighted by molar-refractivity contribution is 6.88. The van der Waals surface area contributed by atoms with E-state index in [1.54, 1.807) is 35.3 Å². The van der Waals surface area contributed by atoms with E-state index >= 15 is 0 Å². The molecule has 2 N–H and O–H groups in total. The summed E-state index contributed by atoms with van der Waals surface area (Å²) in [6.07, 6.45) is 3.93. The maximum atomic E-state index is 13.6. The lowest BCUT2D eigenvalue weighted by Crippen LogP contribution is -2.55. The average Bonchev–Trinajstić information content (AvgIpc) is 3.46. The second-order valence-corrected chi connectivity index (χ2v) is 17.3. The van der Waals surface area contributed by atoms with Gasteiger partial charge in [0.2, 0.25) is 11.8 Å². The minimum atomic E-state index is -1.65. The smallest absolute Gasteiger partial charge is 0.408 e. The lowest BCUT2D eigenvalue weighted by atomic mass is 10.1. The number of hydrogen-bond donors (Lipinski definition) is 2. The summed E-state index contributed by atoms with van der Waals surface area (Å²) in [6.45, 7) is 12.4. The second kappa shape index (κ2) is 9.77. The molecule has 12 heteroatoms. The standard InChI is InChI=1S/C24H40N6O5Si/c1-24(2,3)35-23(34)25-16-9-7-8-15-10-11-17(30(15)21(16)32)22(33)28-12-18(19(31)13-28)29-14-20(26-27-29)36(4,5)6/h14-19,31H,7-13H2,1-6H3,(H,25,34)/t15-,16-,17-,18+,19+/m0/s1. The molecular formula is C24H40N6O5Si. The van der Waals surface area contributed by atoms with Gasteiger partial charge < -0.3 is 25.0 Å². The Morgan fingerprint density at radius 1 is 1.14 bits per heavy atom. The summed E-state index contributed by atoms with van der Waals surface area (Å²) < 4.78 is 7.03. The van der Waals surface area contributed by atoms with Gasteiger partial charge in [-0.25, -0.2) is 9.48 Å². The number of carbonyl (C=O) groups excluding carboxylic acids is 3. The molecule has 0 saturated carbocycles. The first-order valence-electron chi connectivity index (χ1n) is 13.0. The predicted molar refractivity (Wildman–Crippen MR) is 135 cm³/mol. The zero-order valence-corrected chi connectivity index (χ0v) is 23.2. The molecule has 200 valence electrons. The number of hydrogen-bond acceptors (Lipinski definition) is 7. The largest absolute Gasteiger partial charge is 0.444 e. The number of nitrogens with zero attached hydrogens (tertiary/aromatic N) is 5. The molecule has 3 aliphatic heterocycles. The van der Waals surface area contributed by atoms with Crippen molar-refractivity contribution in [3.8, 4) is 0 Å². The molecule has 4 heterocycles. The Kier molecular flexibility index (Phi) is 7.21. The number of likely N-dealkylation sites (tertiary alicyclic amines) is 1. The summed E-state index contributed by atoms with van der Waals surface area (Å²) in [5.41, 5.74) is -0.667. The first-order chi connectivity index (χ1) is 16.7. The lowest BCUT2D eigenvalue weighted by Gasteiger charge is -2.32. The number of carbonyl (C=O) groups is 3. The van der Waals surface area contributed by atoms with Gasteiger partial charge in [0.15, 0.2) is 0 Å². The second-order valence-electron chi connectivity index (χ2n) is 12.3. The van der Waals surface area contributed by atoms with Gasteiger partial charge in [0.25, 0.3) is 0 Å². The predicted octanol–water partition coefficient (Wildman–Crippen LogP) is 1.00. The van der Waals surface area contributed by atoms with Crippen LogP contribution in [0.15, 0.2) is 6.20 Å². The zero-order chi connectivity index (χ0) is 26.4. The molecular weight excluding hydrogens is 480 g/mol. The van der Waals surface area contributed by atoms with Crippen LogP contribution in [0.5, 0.6) is 0 Å². The van der Waals surface area contributed by atoms with E-state index in [1.807, 2.05) is 6.20 Å². The number of β-amino-alcohol motifs (C(OH)–C–C–N with tert-alkyl or cyclic N) is 1. The molecule has 11 nitrogen and oxygen atoms in total. The molecule has 0 aromatic carbocycles. The Bertz CT molecular complexity index is 1000. The van der Waals surface area contributed by atoms with Gasteiger partial charge in [-0.2, -0.15) is 0 Å². The number of ether oxygens (including phenoxy) is 1. The summed E-state index contributed by atoms with van der Waals surface area (Å²) in [7, 11) is -1.65. The fraction of sp³-hybridized carbons (Fsp3) is 0.792. The van der Waals surface area contributed by atoms with E-state index in [0.717, 1.165) is 24.6 Å². The minimum absolute atomic E-state index is 0.0187. The van der Waals surface area contributed by atoms with Gasteiger partial charge in [-0.3, -0.25) is 9.59 Å². The summed E-state index contributed by atoms with van der Waals surface area (Å²) in [5.74, 6) is -0.387. The van der Waals surface area contributed by atoms with E-state index in [0.29, 0.717) is 19.4 Å². The normalized spacial score (nSPS) is 29.2. The third kappa shape index (κ3) is 5.59. The molecule has 1 aromatic rings. The van der Waals surface area contributed by atoms with Crippen LogP contribution in [-0.2, 0) is 14.3 Å². The van der Waals surface area contributed by atoms with E-state index in [1.165, 1.54) is 0 Å². The highest BCUT2D eigenvalue weighted by Gasteiger charge is 2.48. The fourth-order valence-corrected chi connectivity index (χ4v) is 6.25. The fourth-order valence-electron chi connectivity index (χ4n) is 5.39. The Balaban J connectivity index is 1.45. The van der Waals surface area contributed by atoms with Crippen LogP contribution in [0, 0.1) is 0 Å². The quantitative estimate of drug-likeness (QED) is 0.567. The van der Waals surface area contributed by atoms with Crippen molar-refractivity contribution in [1.29, 1.82) is 0 Å². The van der Waals surface area contributed by atoms with Gasteiger partial charge in [-0.15, -0.1) is 5.10 Å². The maximum absolute atomic E-state index is 13.6. The van der Waals surface area contributed by atoms with Crippen LogP contribution < -0.4 is 10.6 Å². The van der Waals surface area contributed by atoms with Crippen LogP contribution in [0.1, 0.15) is 58.9 Å². The van der Waals surface area contributed by atoms with Gasteiger partial charge in [-0.05, 0) is 52.9 Å². The number of rotatable bonds is 4. The molecule has 3 fully saturated rings. The van der Waals surface area contributed by atoms with Gasteiger partial charge in [0, 0.05) is 25.3 Å². The van der Waals surface area contributed by atoms with Gasteiger partial charge >= 0.3 is 6.09 Å². The Morgan fingerprint density at radius 2 is 1.86 bits per heavy atom. The van der Waals surface area contributed by atoms with Gasteiger partial charge in [-0.1, -0.05) is 24.9 Å². The number of fused-ring (bicyclic) bond motifs is 1. The van der Waals surface area contributed by atoms with E-state index in [2.05, 4.69) is 35.3 Å². The Labute approximate surface area is 213 Å². The molecule has 3 aliphatic rings. The third-order valence-electron chi connectivity index (χ3n) is 7.25. The number of aromatic nitrogens is 3. The van der Waals surface area contributed by atoms with Crippen molar-refractivity contribution in [2.45, 2.75) is 108 Å². The number of nitrogens with one attached hydrogen (secondary N) is 1. The van der Waals surface area contributed by atoms with Crippen molar-refractivity contribution >= 4 is 31.3 Å². The van der Waals surface area contributed by atoms with Gasteiger partial charge in [0.1, 0.15) is 25.8 Å². The molecule has 0 bridgehead atoms. The summed E-state index contributed by atoms with van der Waals surface area (Å²) >= 11 is 0. The third-order valence-corrected chi connectivity index (χ3v) is 9.02. The molecule has 0 spiro atoms. The minimum Gasteiger partial charge on any atom is -0.444 e. The molecule has 36 heavy (non-hydrogen) atoms. The molecule has 4 rings (SSSR count). The number of amides is 3. The highest BCUT2D eigenvalue weighted by atomic mass is 28.3. The summed E-state index contributed by atoms with van der Waals surface area (Å²) in [6, 6.07) is -1.70. The van der Waals surface area contributed by atoms with Crippen molar-refractivity contribution in [3.63, 3.8) is 0 Å². The van der Waals surface area contributed by atoms with E-state index < -0.39 is 38.0 Å². The molecule has 3 amide bonds. The van der Waals surface area contributed by atoms with Crippen LogP contribution in [0.2, 0.25) is 19.6 Å². The molecule has 3 saturated heterocycles. The van der Waals surface area contributed by atoms with Crippen LogP contribution in [0.25, 0.3) is 0 Å². The first kappa shape index (κ1) is 26.6.